The first-order valence-corrected chi connectivity index (χ1v) is 6.95. The van der Waals surface area contributed by atoms with Crippen LogP contribution in [-0.4, -0.2) is 48.5 Å². The Kier molecular flexibility index (Phi) is 5.90. The van der Waals surface area contributed by atoms with Gasteiger partial charge in [-0.2, -0.15) is 0 Å². The monoisotopic (exact) mass is 243 g/mol. The van der Waals surface area contributed by atoms with E-state index in [-0.39, 0.29) is 11.5 Å². The average molecular weight is 243 g/mol. The van der Waals surface area contributed by atoms with E-state index in [2.05, 4.69) is 32.6 Å². The molecule has 1 aliphatic rings. The maximum Gasteiger partial charge on any atom is 0.0600 e. The molecule has 0 amide bonds. The smallest absolute Gasteiger partial charge is 0.0600 e. The van der Waals surface area contributed by atoms with Gasteiger partial charge in [-0.15, -0.1) is 0 Å². The van der Waals surface area contributed by atoms with Crippen molar-refractivity contribution in [2.24, 2.45) is 5.41 Å². The molecule has 1 atom stereocenters. The van der Waals surface area contributed by atoms with Crippen LogP contribution < -0.4 is 0 Å². The highest BCUT2D eigenvalue weighted by Gasteiger charge is 2.24. The van der Waals surface area contributed by atoms with E-state index in [1.165, 1.54) is 0 Å². The number of ether oxygens (including phenoxy) is 1. The van der Waals surface area contributed by atoms with Gasteiger partial charge in [0.05, 0.1) is 12.2 Å². The summed E-state index contributed by atoms with van der Waals surface area (Å²) >= 11 is 0. The molecule has 17 heavy (non-hydrogen) atoms. The molecule has 0 aromatic rings. The summed E-state index contributed by atoms with van der Waals surface area (Å²) in [7, 11) is 0. The Hall–Kier alpha value is -0.120. The summed E-state index contributed by atoms with van der Waals surface area (Å²) in [6.45, 7) is 12.4. The quantitative estimate of drug-likeness (QED) is 0.804. The summed E-state index contributed by atoms with van der Waals surface area (Å²) in [6, 6.07) is 0. The predicted molar refractivity (Wildman–Crippen MR) is 71.2 cm³/mol. The van der Waals surface area contributed by atoms with Crippen LogP contribution in [0.2, 0.25) is 0 Å². The highest BCUT2D eigenvalue weighted by molar-refractivity contribution is 4.77. The number of likely N-dealkylation sites (tertiary alicyclic amines) is 1. The van der Waals surface area contributed by atoms with Crippen molar-refractivity contribution < 1.29 is 9.84 Å². The molecule has 0 bridgehead atoms. The summed E-state index contributed by atoms with van der Waals surface area (Å²) < 4.78 is 5.63. The fourth-order valence-electron chi connectivity index (χ4n) is 2.27. The van der Waals surface area contributed by atoms with Gasteiger partial charge in [-0.05, 0) is 31.6 Å². The second-order valence-electron chi connectivity index (χ2n) is 6.17. The van der Waals surface area contributed by atoms with Gasteiger partial charge in [0, 0.05) is 26.2 Å². The van der Waals surface area contributed by atoms with Crippen LogP contribution in [0.1, 0.15) is 47.0 Å². The Morgan fingerprint density at radius 2 is 1.88 bits per heavy atom. The number of piperidine rings is 1. The molecule has 3 nitrogen and oxygen atoms in total. The minimum atomic E-state index is -0.202. The summed E-state index contributed by atoms with van der Waals surface area (Å²) in [4.78, 5) is 2.45. The van der Waals surface area contributed by atoms with Crippen molar-refractivity contribution in [2.75, 3.05) is 26.2 Å². The lowest BCUT2D eigenvalue weighted by Crippen LogP contribution is -2.39. The summed E-state index contributed by atoms with van der Waals surface area (Å²) in [5.74, 6) is 0. The maximum absolute atomic E-state index is 10.0. The van der Waals surface area contributed by atoms with Crippen LogP contribution in [-0.2, 0) is 4.74 Å². The van der Waals surface area contributed by atoms with E-state index in [9.17, 15) is 5.11 Å². The molecule has 1 saturated heterocycles. The maximum atomic E-state index is 10.0. The standard InChI is InChI=1S/C14H29NO2/c1-5-17-12-6-9-15(10-7-12)11-8-13(16)14(2,3)4/h12-13,16H,5-11H2,1-4H3. The third-order valence-corrected chi connectivity index (χ3v) is 3.66. The first-order chi connectivity index (χ1) is 7.93. The molecule has 0 radical (unpaired) electrons. The van der Waals surface area contributed by atoms with E-state index in [0.717, 1.165) is 45.5 Å². The topological polar surface area (TPSA) is 32.7 Å². The van der Waals surface area contributed by atoms with Gasteiger partial charge in [0.2, 0.25) is 0 Å². The van der Waals surface area contributed by atoms with E-state index in [1.54, 1.807) is 0 Å². The van der Waals surface area contributed by atoms with Crippen LogP contribution >= 0.6 is 0 Å². The second-order valence-corrected chi connectivity index (χ2v) is 6.17. The Balaban J connectivity index is 2.18. The molecule has 102 valence electrons. The minimum absolute atomic E-state index is 0.00361. The lowest BCUT2D eigenvalue weighted by atomic mass is 9.87. The summed E-state index contributed by atoms with van der Waals surface area (Å²) in [5.41, 5.74) is 0.00361. The van der Waals surface area contributed by atoms with Crippen LogP contribution in [0.5, 0.6) is 0 Å². The average Bonchev–Trinajstić information content (AvgIpc) is 2.27. The fraction of sp³-hybridized carbons (Fsp3) is 1.00. The van der Waals surface area contributed by atoms with Gasteiger partial charge in [0.15, 0.2) is 0 Å². The summed E-state index contributed by atoms with van der Waals surface area (Å²) in [5, 5.41) is 10.0. The second kappa shape index (κ2) is 6.72. The SMILES string of the molecule is CCOC1CCN(CCC(O)C(C)(C)C)CC1. The van der Waals surface area contributed by atoms with E-state index < -0.39 is 0 Å². The molecule has 0 aromatic heterocycles. The molecule has 0 aliphatic carbocycles. The number of aliphatic hydroxyl groups excluding tert-OH is 1. The van der Waals surface area contributed by atoms with E-state index in [0.29, 0.717) is 6.10 Å². The Bertz CT molecular complexity index is 205. The molecule has 0 saturated carbocycles. The largest absolute Gasteiger partial charge is 0.393 e. The molecular formula is C14H29NO2. The predicted octanol–water partition coefficient (Wildman–Crippen LogP) is 2.28. The molecular weight excluding hydrogens is 214 g/mol. The molecule has 3 heteroatoms. The van der Waals surface area contributed by atoms with Crippen molar-refractivity contribution in [2.45, 2.75) is 59.2 Å². The molecule has 1 N–H and O–H groups in total. The third kappa shape index (κ3) is 5.36. The van der Waals surface area contributed by atoms with Crippen LogP contribution in [0.4, 0.5) is 0 Å². The van der Waals surface area contributed by atoms with Crippen molar-refractivity contribution in [3.63, 3.8) is 0 Å². The number of hydrogen-bond donors (Lipinski definition) is 1. The Morgan fingerprint density at radius 1 is 1.29 bits per heavy atom. The van der Waals surface area contributed by atoms with E-state index >= 15 is 0 Å². The van der Waals surface area contributed by atoms with Crippen LogP contribution in [0.15, 0.2) is 0 Å². The normalized spacial score (nSPS) is 21.7. The van der Waals surface area contributed by atoms with Gasteiger partial charge in [0.25, 0.3) is 0 Å². The molecule has 1 heterocycles. The number of hydrogen-bond acceptors (Lipinski definition) is 3. The Morgan fingerprint density at radius 3 is 2.35 bits per heavy atom. The molecule has 1 rings (SSSR count). The fourth-order valence-corrected chi connectivity index (χ4v) is 2.27. The number of rotatable bonds is 5. The first-order valence-electron chi connectivity index (χ1n) is 6.95. The first kappa shape index (κ1) is 14.9. The van der Waals surface area contributed by atoms with Gasteiger partial charge >= 0.3 is 0 Å². The zero-order valence-electron chi connectivity index (χ0n) is 11.9. The lowest BCUT2D eigenvalue weighted by Gasteiger charge is -2.33. The van der Waals surface area contributed by atoms with Crippen molar-refractivity contribution in [1.82, 2.24) is 4.90 Å². The highest BCUT2D eigenvalue weighted by atomic mass is 16.5. The minimum Gasteiger partial charge on any atom is -0.393 e. The van der Waals surface area contributed by atoms with Gasteiger partial charge in [-0.3, -0.25) is 0 Å². The van der Waals surface area contributed by atoms with Crippen molar-refractivity contribution >= 4 is 0 Å². The highest BCUT2D eigenvalue weighted by Crippen LogP contribution is 2.22. The van der Waals surface area contributed by atoms with Crippen LogP contribution in [0.3, 0.4) is 0 Å². The number of aliphatic hydroxyl groups is 1. The van der Waals surface area contributed by atoms with E-state index in [1.807, 2.05) is 0 Å². The van der Waals surface area contributed by atoms with Crippen molar-refractivity contribution in [3.05, 3.63) is 0 Å². The molecule has 0 aromatic carbocycles. The van der Waals surface area contributed by atoms with Gasteiger partial charge in [-0.25, -0.2) is 0 Å². The molecule has 1 unspecified atom stereocenters. The Labute approximate surface area is 106 Å². The lowest BCUT2D eigenvalue weighted by molar-refractivity contribution is 0.00421. The summed E-state index contributed by atoms with van der Waals surface area (Å²) in [6.07, 6.45) is 3.41. The van der Waals surface area contributed by atoms with Gasteiger partial charge in [-0.1, -0.05) is 20.8 Å². The van der Waals surface area contributed by atoms with Crippen molar-refractivity contribution in [1.29, 1.82) is 0 Å². The molecule has 1 aliphatic heterocycles. The third-order valence-electron chi connectivity index (χ3n) is 3.66. The van der Waals surface area contributed by atoms with Crippen molar-refractivity contribution in [3.8, 4) is 0 Å². The number of nitrogens with zero attached hydrogens (tertiary/aromatic N) is 1. The zero-order valence-corrected chi connectivity index (χ0v) is 11.9. The van der Waals surface area contributed by atoms with E-state index in [4.69, 9.17) is 4.74 Å². The molecule has 1 fully saturated rings. The van der Waals surface area contributed by atoms with Gasteiger partial charge < -0.3 is 14.7 Å². The van der Waals surface area contributed by atoms with Crippen LogP contribution in [0, 0.1) is 5.41 Å². The van der Waals surface area contributed by atoms with Crippen LogP contribution in [0.25, 0.3) is 0 Å². The molecule has 0 spiro atoms. The van der Waals surface area contributed by atoms with Gasteiger partial charge in [0.1, 0.15) is 0 Å². The zero-order chi connectivity index (χ0) is 12.9.